The molecule has 2 saturated carbocycles. The minimum absolute atomic E-state index is 0.0435. The lowest BCUT2D eigenvalue weighted by atomic mass is 9.70. The lowest BCUT2D eigenvalue weighted by Gasteiger charge is -2.36. The van der Waals surface area contributed by atoms with Crippen molar-refractivity contribution in [3.8, 4) is 0 Å². The Morgan fingerprint density at radius 2 is 1.71 bits per heavy atom. The van der Waals surface area contributed by atoms with E-state index in [1.165, 1.54) is 30.9 Å². The number of ether oxygens (including phenoxy) is 2. The Balaban J connectivity index is 1.47. The molecule has 1 N–H and O–H groups in total. The van der Waals surface area contributed by atoms with Crippen molar-refractivity contribution >= 4 is 18.0 Å². The summed E-state index contributed by atoms with van der Waals surface area (Å²) >= 11 is 0. The molecule has 0 aromatic heterocycles. The predicted octanol–water partition coefficient (Wildman–Crippen LogP) is 5.93. The lowest BCUT2D eigenvalue weighted by Crippen LogP contribution is -2.37. The number of benzene rings is 1. The summed E-state index contributed by atoms with van der Waals surface area (Å²) in [5.41, 5.74) is 4.25. The molecule has 0 radical (unpaired) electrons. The van der Waals surface area contributed by atoms with Crippen molar-refractivity contribution in [1.29, 1.82) is 0 Å². The Morgan fingerprint density at radius 3 is 2.37 bits per heavy atom. The van der Waals surface area contributed by atoms with Crippen LogP contribution >= 0.6 is 0 Å². The average Bonchev–Trinajstić information content (AvgIpc) is 3.38. The summed E-state index contributed by atoms with van der Waals surface area (Å²) in [6.45, 7) is 6.18. The zero-order valence-electron chi connectivity index (χ0n) is 21.7. The maximum absolute atomic E-state index is 13.2. The second-order valence-electron chi connectivity index (χ2n) is 10.5. The quantitative estimate of drug-likeness (QED) is 0.226. The first-order valence-electron chi connectivity index (χ1n) is 13.4. The number of amides is 1. The molecule has 2 aliphatic carbocycles. The van der Waals surface area contributed by atoms with E-state index in [2.05, 4.69) is 17.6 Å². The number of carbonyl (C=O) groups excluding carboxylic acids is 2. The Bertz CT molecular complexity index is 820. The summed E-state index contributed by atoms with van der Waals surface area (Å²) in [5, 5.41) is 0. The van der Waals surface area contributed by atoms with E-state index in [1.54, 1.807) is 6.08 Å². The molecule has 6 heteroatoms. The van der Waals surface area contributed by atoms with Crippen molar-refractivity contribution in [1.82, 2.24) is 5.48 Å². The number of aryl methyl sites for hydroxylation is 1. The highest BCUT2D eigenvalue weighted by Crippen LogP contribution is 2.42. The van der Waals surface area contributed by atoms with E-state index in [0.29, 0.717) is 6.61 Å². The van der Waals surface area contributed by atoms with Gasteiger partial charge in [-0.3, -0.25) is 14.4 Å². The minimum Gasteiger partial charge on any atom is -0.462 e. The van der Waals surface area contributed by atoms with Gasteiger partial charge in [-0.15, -0.1) is 0 Å². The third-order valence-electron chi connectivity index (χ3n) is 7.14. The van der Waals surface area contributed by atoms with Crippen LogP contribution in [0.4, 0.5) is 0 Å². The molecule has 0 spiro atoms. The number of hydroxylamine groups is 1. The number of hydrogen-bond donors (Lipinski definition) is 1. The molecule has 0 aliphatic heterocycles. The van der Waals surface area contributed by atoms with Crippen molar-refractivity contribution in [2.24, 2.45) is 5.41 Å². The van der Waals surface area contributed by atoms with E-state index >= 15 is 0 Å². The summed E-state index contributed by atoms with van der Waals surface area (Å²) in [6.07, 6.45) is 14.7. The fourth-order valence-corrected chi connectivity index (χ4v) is 4.97. The molecule has 35 heavy (non-hydrogen) atoms. The van der Waals surface area contributed by atoms with Gasteiger partial charge in [0.2, 0.25) is 0 Å². The Labute approximate surface area is 210 Å². The van der Waals surface area contributed by atoms with Crippen molar-refractivity contribution < 1.29 is 23.9 Å². The van der Waals surface area contributed by atoms with Crippen molar-refractivity contribution in [3.05, 3.63) is 41.5 Å². The van der Waals surface area contributed by atoms with Crippen molar-refractivity contribution in [3.63, 3.8) is 0 Å². The Morgan fingerprint density at radius 1 is 1.03 bits per heavy atom. The number of rotatable bonds is 12. The van der Waals surface area contributed by atoms with Gasteiger partial charge >= 0.3 is 5.97 Å². The van der Waals surface area contributed by atoms with E-state index in [0.717, 1.165) is 56.9 Å². The van der Waals surface area contributed by atoms with Crippen LogP contribution in [0.25, 0.3) is 6.08 Å². The molecule has 6 nitrogen and oxygen atoms in total. The number of hydrogen-bond acceptors (Lipinski definition) is 5. The summed E-state index contributed by atoms with van der Waals surface area (Å²) in [4.78, 5) is 30.5. The molecular formula is C29H43NO5. The van der Waals surface area contributed by atoms with Gasteiger partial charge in [0, 0.05) is 6.08 Å². The molecule has 1 amide bonds. The number of carbonyl (C=O) groups is 2. The monoisotopic (exact) mass is 485 g/mol. The van der Waals surface area contributed by atoms with Crippen LogP contribution in [0.3, 0.4) is 0 Å². The zero-order chi connectivity index (χ0) is 25.1. The van der Waals surface area contributed by atoms with Gasteiger partial charge in [0.25, 0.3) is 5.91 Å². The maximum atomic E-state index is 13.2. The van der Waals surface area contributed by atoms with E-state index in [-0.39, 0.29) is 35.6 Å². The van der Waals surface area contributed by atoms with Crippen LogP contribution in [0.2, 0.25) is 0 Å². The maximum Gasteiger partial charge on any atom is 0.312 e. The third-order valence-corrected chi connectivity index (χ3v) is 7.14. The van der Waals surface area contributed by atoms with Crippen molar-refractivity contribution in [2.45, 2.75) is 110 Å². The molecule has 1 unspecified atom stereocenters. The van der Waals surface area contributed by atoms with E-state index in [9.17, 15) is 9.59 Å². The first kappa shape index (κ1) is 27.4. The second kappa shape index (κ2) is 13.8. The lowest BCUT2D eigenvalue weighted by molar-refractivity contribution is -0.164. The van der Waals surface area contributed by atoms with Gasteiger partial charge in [-0.05, 0) is 89.3 Å². The van der Waals surface area contributed by atoms with Crippen LogP contribution in [0, 0.1) is 5.41 Å². The predicted molar refractivity (Wildman–Crippen MR) is 137 cm³/mol. The Hall–Kier alpha value is -2.18. The van der Waals surface area contributed by atoms with Crippen molar-refractivity contribution in [2.75, 3.05) is 6.61 Å². The molecule has 0 heterocycles. The molecule has 2 aliphatic rings. The summed E-state index contributed by atoms with van der Waals surface area (Å²) in [6, 6.07) is 8.17. The molecular weight excluding hydrogens is 442 g/mol. The summed E-state index contributed by atoms with van der Waals surface area (Å²) in [7, 11) is 0. The first-order valence-corrected chi connectivity index (χ1v) is 13.4. The summed E-state index contributed by atoms with van der Waals surface area (Å²) in [5.74, 6) is -0.271. The fourth-order valence-electron chi connectivity index (χ4n) is 4.97. The minimum atomic E-state index is -0.325. The highest BCUT2D eigenvalue weighted by molar-refractivity contribution is 5.90. The molecule has 1 aromatic rings. The largest absolute Gasteiger partial charge is 0.462 e. The van der Waals surface area contributed by atoms with Gasteiger partial charge in [-0.2, -0.15) is 0 Å². The van der Waals surface area contributed by atoms with Crippen LogP contribution in [0.15, 0.2) is 30.3 Å². The van der Waals surface area contributed by atoms with Gasteiger partial charge in [-0.25, -0.2) is 5.48 Å². The average molecular weight is 486 g/mol. The van der Waals surface area contributed by atoms with E-state index < -0.39 is 0 Å². The van der Waals surface area contributed by atoms with E-state index in [1.807, 2.05) is 32.9 Å². The highest BCUT2D eigenvalue weighted by atomic mass is 16.7. The first-order chi connectivity index (χ1) is 16.9. The molecule has 194 valence electrons. The summed E-state index contributed by atoms with van der Waals surface area (Å²) < 4.78 is 11.4. The smallest absolute Gasteiger partial charge is 0.312 e. The molecule has 3 rings (SSSR count). The van der Waals surface area contributed by atoms with Gasteiger partial charge in [0.05, 0.1) is 18.1 Å². The molecule has 0 saturated heterocycles. The van der Waals surface area contributed by atoms with Crippen LogP contribution < -0.4 is 5.48 Å². The van der Waals surface area contributed by atoms with Crippen LogP contribution in [-0.4, -0.2) is 36.8 Å². The third kappa shape index (κ3) is 9.08. The molecule has 1 aromatic carbocycles. The van der Waals surface area contributed by atoms with Gasteiger partial charge in [-0.1, -0.05) is 43.5 Å². The normalized spacial score (nSPS) is 19.2. The number of nitrogens with one attached hydrogen (secondary N) is 1. The van der Waals surface area contributed by atoms with Gasteiger partial charge < -0.3 is 9.47 Å². The van der Waals surface area contributed by atoms with Crippen LogP contribution in [0.1, 0.15) is 96.1 Å². The topological polar surface area (TPSA) is 73.9 Å². The highest BCUT2D eigenvalue weighted by Gasteiger charge is 2.41. The van der Waals surface area contributed by atoms with Crippen LogP contribution in [0.5, 0.6) is 0 Å². The fraction of sp³-hybridized carbons (Fsp3) is 0.655. The molecule has 1 atom stereocenters. The SMILES string of the molecule is CC(C)OCC(C)ONC(=O)/C=C/c1ccc(CCC2(C(=O)OC3CCCC3)CCCCC2)cc1. The molecule has 2 fully saturated rings. The van der Waals surface area contributed by atoms with E-state index in [4.69, 9.17) is 14.3 Å². The second-order valence-corrected chi connectivity index (χ2v) is 10.5. The number of esters is 1. The molecule has 0 bridgehead atoms. The van der Waals surface area contributed by atoms with Gasteiger partial charge in [0.1, 0.15) is 12.2 Å². The van der Waals surface area contributed by atoms with Gasteiger partial charge in [0.15, 0.2) is 0 Å². The standard InChI is InChI=1S/C29H43NO5/c1-22(2)33-21-23(3)35-30-27(31)16-15-24-11-13-25(14-12-24)17-20-29(18-7-4-8-19-29)28(32)34-26-9-5-6-10-26/h11-16,22-23,26H,4-10,17-21H2,1-3H3,(H,30,31)/b16-15+. The Kier molecular flexibility index (Phi) is 10.8. The van der Waals surface area contributed by atoms with Crippen LogP contribution in [-0.2, 0) is 30.3 Å². The zero-order valence-corrected chi connectivity index (χ0v) is 21.7.